The van der Waals surface area contributed by atoms with Gasteiger partial charge in [-0.15, -0.1) is 0 Å². The maximum Gasteiger partial charge on any atom is 0.408 e. The van der Waals surface area contributed by atoms with Gasteiger partial charge >= 0.3 is 6.09 Å². The Kier molecular flexibility index (Phi) is 6.09. The number of rotatable bonds is 3. The van der Waals surface area contributed by atoms with E-state index in [1.165, 1.54) is 0 Å². The molecule has 2 atom stereocenters. The number of nitrogens with one attached hydrogen (secondary N) is 1. The molecule has 1 amide bonds. The Morgan fingerprint density at radius 3 is 2.37 bits per heavy atom. The summed E-state index contributed by atoms with van der Waals surface area (Å²) >= 11 is 0. The van der Waals surface area contributed by atoms with E-state index in [2.05, 4.69) is 5.32 Å². The second kappa shape index (κ2) is 8.71. The highest BCUT2D eigenvalue weighted by atomic mass is 16.6. The molecule has 0 saturated carbocycles. The number of carbonyl (C=O) groups excluding carboxylic acids is 1. The summed E-state index contributed by atoms with van der Waals surface area (Å²) in [5.74, 6) is 0.153. The third-order valence-electron chi connectivity index (χ3n) is 4.69. The number of ether oxygens (including phenoxy) is 2. The van der Waals surface area contributed by atoms with Crippen LogP contribution in [0.2, 0.25) is 0 Å². The topological polar surface area (TPSA) is 95.1 Å². The van der Waals surface area contributed by atoms with Crippen molar-refractivity contribution in [3.05, 3.63) is 71.3 Å². The summed E-state index contributed by atoms with van der Waals surface area (Å²) in [5, 5.41) is 22.2. The van der Waals surface area contributed by atoms with Crippen molar-refractivity contribution < 1.29 is 14.3 Å². The Morgan fingerprint density at radius 2 is 1.73 bits per heavy atom. The van der Waals surface area contributed by atoms with Crippen LogP contribution in [0.5, 0.6) is 5.75 Å². The molecule has 0 aliphatic carbocycles. The predicted molar refractivity (Wildman–Crippen MR) is 112 cm³/mol. The summed E-state index contributed by atoms with van der Waals surface area (Å²) in [4.78, 5) is 12.6. The SMILES string of the molecule is CC(C)(C)OC(=O)N[C@H](c1ccccc1)C1COc2ccccc2C1=C(C#N)C#N. The Labute approximate surface area is 176 Å². The first-order chi connectivity index (χ1) is 14.3. The smallest absolute Gasteiger partial charge is 0.408 e. The van der Waals surface area contributed by atoms with Crippen LogP contribution in [0, 0.1) is 28.6 Å². The van der Waals surface area contributed by atoms with Gasteiger partial charge in [0, 0.05) is 17.1 Å². The molecule has 2 aromatic rings. The van der Waals surface area contributed by atoms with Crippen molar-refractivity contribution in [1.29, 1.82) is 10.5 Å². The van der Waals surface area contributed by atoms with Gasteiger partial charge in [-0.05, 0) is 32.4 Å². The molecule has 0 spiro atoms. The summed E-state index contributed by atoms with van der Waals surface area (Å²) in [7, 11) is 0. The maximum absolute atomic E-state index is 12.6. The lowest BCUT2D eigenvalue weighted by Crippen LogP contribution is -2.40. The maximum atomic E-state index is 12.6. The van der Waals surface area contributed by atoms with Crippen LogP contribution in [0.25, 0.3) is 5.57 Å². The van der Waals surface area contributed by atoms with Crippen LogP contribution in [0.4, 0.5) is 4.79 Å². The molecule has 152 valence electrons. The fraction of sp³-hybridized carbons (Fsp3) is 0.292. The summed E-state index contributed by atoms with van der Waals surface area (Å²) < 4.78 is 11.4. The van der Waals surface area contributed by atoms with E-state index in [9.17, 15) is 15.3 Å². The second-order valence-corrected chi connectivity index (χ2v) is 7.96. The molecule has 6 nitrogen and oxygen atoms in total. The zero-order valence-corrected chi connectivity index (χ0v) is 17.2. The van der Waals surface area contributed by atoms with Gasteiger partial charge in [0.25, 0.3) is 0 Å². The Bertz CT molecular complexity index is 1020. The van der Waals surface area contributed by atoms with Gasteiger partial charge in [0.15, 0.2) is 0 Å². The van der Waals surface area contributed by atoms with Gasteiger partial charge < -0.3 is 14.8 Å². The number of para-hydroxylation sites is 1. The number of allylic oxidation sites excluding steroid dienone is 1. The lowest BCUT2D eigenvalue weighted by Gasteiger charge is -2.35. The Morgan fingerprint density at radius 1 is 1.10 bits per heavy atom. The van der Waals surface area contributed by atoms with Crippen molar-refractivity contribution in [1.82, 2.24) is 5.32 Å². The zero-order valence-electron chi connectivity index (χ0n) is 17.2. The number of fused-ring (bicyclic) bond motifs is 1. The van der Waals surface area contributed by atoms with Gasteiger partial charge in [-0.2, -0.15) is 10.5 Å². The molecule has 0 fully saturated rings. The van der Waals surface area contributed by atoms with Crippen LogP contribution in [-0.2, 0) is 4.74 Å². The molecule has 1 aliphatic heterocycles. The van der Waals surface area contributed by atoms with Gasteiger partial charge in [0.1, 0.15) is 29.1 Å². The molecule has 0 saturated heterocycles. The highest BCUT2D eigenvalue weighted by molar-refractivity contribution is 5.82. The molecule has 3 rings (SSSR count). The van der Waals surface area contributed by atoms with Gasteiger partial charge in [-0.1, -0.05) is 48.5 Å². The van der Waals surface area contributed by atoms with E-state index in [0.29, 0.717) is 16.9 Å². The molecule has 0 bridgehead atoms. The van der Waals surface area contributed by atoms with Crippen molar-refractivity contribution in [2.45, 2.75) is 32.4 Å². The monoisotopic (exact) mass is 401 g/mol. The number of nitrogens with zero attached hydrogens (tertiary/aromatic N) is 2. The summed E-state index contributed by atoms with van der Waals surface area (Å²) in [6, 6.07) is 20.2. The number of benzene rings is 2. The number of nitriles is 2. The summed E-state index contributed by atoms with van der Waals surface area (Å²) in [6.45, 7) is 5.57. The van der Waals surface area contributed by atoms with Crippen molar-refractivity contribution >= 4 is 11.7 Å². The van der Waals surface area contributed by atoms with Crippen LogP contribution in [-0.4, -0.2) is 18.3 Å². The summed E-state index contributed by atoms with van der Waals surface area (Å²) in [5.41, 5.74) is 1.40. The first kappa shape index (κ1) is 21.0. The minimum Gasteiger partial charge on any atom is -0.492 e. The van der Waals surface area contributed by atoms with E-state index < -0.39 is 23.7 Å². The molecule has 30 heavy (non-hydrogen) atoms. The van der Waals surface area contributed by atoms with Crippen LogP contribution in [0.15, 0.2) is 60.2 Å². The molecule has 6 heteroatoms. The van der Waals surface area contributed by atoms with Crippen molar-refractivity contribution in [2.24, 2.45) is 5.92 Å². The number of hydrogen-bond donors (Lipinski definition) is 1. The first-order valence-electron chi connectivity index (χ1n) is 9.65. The molecule has 1 aliphatic rings. The number of carbonyl (C=O) groups is 1. The van der Waals surface area contributed by atoms with Crippen LogP contribution in [0.1, 0.15) is 37.9 Å². The summed E-state index contributed by atoms with van der Waals surface area (Å²) in [6.07, 6.45) is -0.579. The van der Waals surface area contributed by atoms with E-state index >= 15 is 0 Å². The van der Waals surface area contributed by atoms with E-state index in [4.69, 9.17) is 9.47 Å². The minimum absolute atomic E-state index is 0.00247. The predicted octanol–water partition coefficient (Wildman–Crippen LogP) is 4.76. The van der Waals surface area contributed by atoms with Crippen LogP contribution in [0.3, 0.4) is 0 Å². The first-order valence-corrected chi connectivity index (χ1v) is 9.65. The van der Waals surface area contributed by atoms with E-state index in [1.54, 1.807) is 26.8 Å². The Hall–Kier alpha value is -3.77. The highest BCUT2D eigenvalue weighted by Gasteiger charge is 2.36. The second-order valence-electron chi connectivity index (χ2n) is 7.96. The molecule has 0 aromatic heterocycles. The molecule has 0 radical (unpaired) electrons. The van der Waals surface area contributed by atoms with Gasteiger partial charge in [0.2, 0.25) is 0 Å². The third kappa shape index (κ3) is 4.61. The van der Waals surface area contributed by atoms with Crippen molar-refractivity contribution in [3.8, 4) is 17.9 Å². The largest absolute Gasteiger partial charge is 0.492 e. The van der Waals surface area contributed by atoms with Crippen LogP contribution >= 0.6 is 0 Å². The molecular formula is C24H23N3O3. The Balaban J connectivity index is 2.10. The quantitative estimate of drug-likeness (QED) is 0.748. The molecule has 2 aromatic carbocycles. The van der Waals surface area contributed by atoms with Gasteiger partial charge in [0.05, 0.1) is 12.6 Å². The fourth-order valence-electron chi connectivity index (χ4n) is 3.52. The zero-order chi connectivity index (χ0) is 21.7. The average Bonchev–Trinajstić information content (AvgIpc) is 2.72. The fourth-order valence-corrected chi connectivity index (χ4v) is 3.52. The number of amides is 1. The van der Waals surface area contributed by atoms with E-state index in [0.717, 1.165) is 5.56 Å². The molecule has 1 unspecified atom stereocenters. The normalized spacial score (nSPS) is 16.2. The van der Waals surface area contributed by atoms with Gasteiger partial charge in [-0.3, -0.25) is 0 Å². The lowest BCUT2D eigenvalue weighted by atomic mass is 9.80. The molecule has 1 heterocycles. The molecule has 1 N–H and O–H groups in total. The standard InChI is InChI=1S/C24H23N3O3/c1-24(2,3)30-23(28)27-22(16-9-5-4-6-10-16)19-15-29-20-12-8-7-11-18(20)21(19)17(13-25)14-26/h4-12,19,22H,15H2,1-3H3,(H,27,28)/t19?,22-/m1/s1. The third-order valence-corrected chi connectivity index (χ3v) is 4.69. The molecular weight excluding hydrogens is 378 g/mol. The highest BCUT2D eigenvalue weighted by Crippen LogP contribution is 2.43. The van der Waals surface area contributed by atoms with E-state index in [-0.39, 0.29) is 12.2 Å². The van der Waals surface area contributed by atoms with Crippen molar-refractivity contribution in [3.63, 3.8) is 0 Å². The minimum atomic E-state index is -0.663. The number of alkyl carbamates (subject to hydrolysis) is 1. The van der Waals surface area contributed by atoms with Crippen LogP contribution < -0.4 is 10.1 Å². The lowest BCUT2D eigenvalue weighted by molar-refractivity contribution is 0.0484. The van der Waals surface area contributed by atoms with Gasteiger partial charge in [-0.25, -0.2) is 4.79 Å². The average molecular weight is 401 g/mol. The number of hydrogen-bond acceptors (Lipinski definition) is 5. The van der Waals surface area contributed by atoms with Crippen molar-refractivity contribution in [2.75, 3.05) is 6.61 Å². The van der Waals surface area contributed by atoms with E-state index in [1.807, 2.05) is 60.7 Å².